The van der Waals surface area contributed by atoms with Crippen LogP contribution in [0, 0.1) is 5.92 Å². The Morgan fingerprint density at radius 1 is 0.968 bits per heavy atom. The lowest BCUT2D eigenvalue weighted by Crippen LogP contribution is -2.46. The zero-order valence-electron chi connectivity index (χ0n) is 18.2. The number of rotatable bonds is 5. The van der Waals surface area contributed by atoms with Crippen molar-refractivity contribution in [3.05, 3.63) is 54.6 Å². The Bertz CT molecular complexity index is 965. The van der Waals surface area contributed by atoms with E-state index < -0.39 is 0 Å². The second kappa shape index (κ2) is 9.06. The molecule has 0 saturated carbocycles. The number of piperidine rings is 1. The summed E-state index contributed by atoms with van der Waals surface area (Å²) >= 11 is 0. The van der Waals surface area contributed by atoms with Crippen molar-refractivity contribution in [2.45, 2.75) is 26.3 Å². The zero-order chi connectivity index (χ0) is 21.0. The molecule has 3 aromatic rings. The first-order valence-corrected chi connectivity index (χ1v) is 11.3. The van der Waals surface area contributed by atoms with Gasteiger partial charge in [0.25, 0.3) is 0 Å². The lowest BCUT2D eigenvalue weighted by atomic mass is 10.0. The Balaban J connectivity index is 1.17. The van der Waals surface area contributed by atoms with E-state index in [0.717, 1.165) is 56.6 Å². The SMILES string of the molecule is C[C@@H]1CCCN(c2ccc(-c3noc(CN4CCN(c5ccccc5)CC4)n3)cn2)C1. The molecule has 2 aliphatic heterocycles. The second-order valence-electron chi connectivity index (χ2n) is 8.71. The van der Waals surface area contributed by atoms with Crippen LogP contribution in [0.25, 0.3) is 11.4 Å². The number of para-hydroxylation sites is 1. The second-order valence-corrected chi connectivity index (χ2v) is 8.71. The minimum Gasteiger partial charge on any atom is -0.369 e. The van der Waals surface area contributed by atoms with E-state index in [4.69, 9.17) is 4.52 Å². The molecule has 0 radical (unpaired) electrons. The van der Waals surface area contributed by atoms with E-state index in [1.165, 1.54) is 18.5 Å². The maximum atomic E-state index is 5.54. The Morgan fingerprint density at radius 2 is 1.81 bits per heavy atom. The smallest absolute Gasteiger partial charge is 0.241 e. The first-order valence-electron chi connectivity index (χ1n) is 11.3. The van der Waals surface area contributed by atoms with E-state index in [1.807, 2.05) is 6.20 Å². The van der Waals surface area contributed by atoms with Crippen LogP contribution in [0.4, 0.5) is 11.5 Å². The maximum absolute atomic E-state index is 5.54. The van der Waals surface area contributed by atoms with Crippen LogP contribution in [-0.4, -0.2) is 59.3 Å². The van der Waals surface area contributed by atoms with Gasteiger partial charge in [-0.15, -0.1) is 0 Å². The molecule has 4 heterocycles. The number of anilines is 2. The molecule has 0 N–H and O–H groups in total. The van der Waals surface area contributed by atoms with Gasteiger partial charge in [0.05, 0.1) is 6.54 Å². The van der Waals surface area contributed by atoms with Crippen molar-refractivity contribution in [1.82, 2.24) is 20.0 Å². The van der Waals surface area contributed by atoms with E-state index >= 15 is 0 Å². The third-order valence-electron chi connectivity index (χ3n) is 6.31. The standard InChI is InChI=1S/C24H30N6O/c1-19-6-5-11-30(17-19)22-10-9-20(16-25-22)24-26-23(31-27-24)18-28-12-14-29(15-13-28)21-7-3-2-4-8-21/h2-4,7-10,16,19H,5-6,11-15,17-18H2,1H3/t19-/m1/s1. The highest BCUT2D eigenvalue weighted by molar-refractivity contribution is 5.56. The Hall–Kier alpha value is -2.93. The minimum atomic E-state index is 0.615. The van der Waals surface area contributed by atoms with Gasteiger partial charge in [0.15, 0.2) is 0 Å². The third-order valence-corrected chi connectivity index (χ3v) is 6.31. The minimum absolute atomic E-state index is 0.615. The predicted molar refractivity (Wildman–Crippen MR) is 122 cm³/mol. The first kappa shape index (κ1) is 20.0. The largest absolute Gasteiger partial charge is 0.369 e. The van der Waals surface area contributed by atoms with Crippen LogP contribution >= 0.6 is 0 Å². The summed E-state index contributed by atoms with van der Waals surface area (Å²) < 4.78 is 5.54. The highest BCUT2D eigenvalue weighted by atomic mass is 16.5. The molecular formula is C24H30N6O. The summed E-state index contributed by atoms with van der Waals surface area (Å²) in [5.74, 6) is 3.04. The fourth-order valence-electron chi connectivity index (χ4n) is 4.53. The van der Waals surface area contributed by atoms with Gasteiger partial charge in [0, 0.05) is 56.7 Å². The summed E-state index contributed by atoms with van der Waals surface area (Å²) in [6.07, 6.45) is 4.40. The molecule has 5 rings (SSSR count). The van der Waals surface area contributed by atoms with Gasteiger partial charge in [-0.25, -0.2) is 4.98 Å². The normalized spacial score (nSPS) is 20.2. The molecule has 1 atom stereocenters. The van der Waals surface area contributed by atoms with Gasteiger partial charge in [-0.05, 0) is 43.0 Å². The monoisotopic (exact) mass is 418 g/mol. The molecule has 2 aliphatic rings. The van der Waals surface area contributed by atoms with Crippen molar-refractivity contribution >= 4 is 11.5 Å². The molecule has 162 valence electrons. The molecule has 2 aromatic heterocycles. The number of hydrogen-bond acceptors (Lipinski definition) is 7. The van der Waals surface area contributed by atoms with Crippen molar-refractivity contribution in [3.8, 4) is 11.4 Å². The van der Waals surface area contributed by atoms with Gasteiger partial charge in [-0.3, -0.25) is 4.90 Å². The molecular weight excluding hydrogens is 388 g/mol. The Morgan fingerprint density at radius 3 is 2.55 bits per heavy atom. The molecule has 1 aromatic carbocycles. The van der Waals surface area contributed by atoms with Crippen LogP contribution < -0.4 is 9.80 Å². The van der Waals surface area contributed by atoms with E-state index in [2.05, 4.69) is 79.2 Å². The van der Waals surface area contributed by atoms with E-state index in [0.29, 0.717) is 18.3 Å². The number of piperazine rings is 1. The Labute approximate surface area is 183 Å². The molecule has 0 amide bonds. The van der Waals surface area contributed by atoms with E-state index in [-0.39, 0.29) is 0 Å². The molecule has 2 saturated heterocycles. The molecule has 2 fully saturated rings. The summed E-state index contributed by atoms with van der Waals surface area (Å²) in [6.45, 7) is 9.14. The molecule has 7 nitrogen and oxygen atoms in total. The maximum Gasteiger partial charge on any atom is 0.241 e. The Kier molecular flexibility index (Phi) is 5.84. The van der Waals surface area contributed by atoms with Gasteiger partial charge in [0.1, 0.15) is 5.82 Å². The van der Waals surface area contributed by atoms with Gasteiger partial charge >= 0.3 is 0 Å². The van der Waals surface area contributed by atoms with Crippen molar-refractivity contribution < 1.29 is 4.52 Å². The van der Waals surface area contributed by atoms with Crippen molar-refractivity contribution in [2.75, 3.05) is 49.1 Å². The van der Waals surface area contributed by atoms with Gasteiger partial charge in [-0.2, -0.15) is 4.98 Å². The van der Waals surface area contributed by atoms with Crippen LogP contribution in [0.2, 0.25) is 0 Å². The zero-order valence-corrected chi connectivity index (χ0v) is 18.2. The molecule has 0 spiro atoms. The highest BCUT2D eigenvalue weighted by Gasteiger charge is 2.21. The lowest BCUT2D eigenvalue weighted by molar-refractivity contribution is 0.215. The summed E-state index contributed by atoms with van der Waals surface area (Å²) in [6, 6.07) is 14.7. The summed E-state index contributed by atoms with van der Waals surface area (Å²) in [7, 11) is 0. The molecule has 31 heavy (non-hydrogen) atoms. The van der Waals surface area contributed by atoms with Crippen LogP contribution in [0.1, 0.15) is 25.7 Å². The van der Waals surface area contributed by atoms with Gasteiger partial charge < -0.3 is 14.3 Å². The van der Waals surface area contributed by atoms with Crippen molar-refractivity contribution in [1.29, 1.82) is 0 Å². The number of pyridine rings is 1. The predicted octanol–water partition coefficient (Wildman–Crippen LogP) is 3.69. The number of aromatic nitrogens is 3. The molecule has 7 heteroatoms. The van der Waals surface area contributed by atoms with Crippen LogP contribution in [0.3, 0.4) is 0 Å². The van der Waals surface area contributed by atoms with Gasteiger partial charge in [0.2, 0.25) is 11.7 Å². The van der Waals surface area contributed by atoms with Crippen molar-refractivity contribution in [3.63, 3.8) is 0 Å². The quantitative estimate of drug-likeness (QED) is 0.626. The number of benzene rings is 1. The fraction of sp³-hybridized carbons (Fsp3) is 0.458. The third kappa shape index (κ3) is 4.71. The molecule has 0 aliphatic carbocycles. The van der Waals surface area contributed by atoms with E-state index in [1.54, 1.807) is 0 Å². The summed E-state index contributed by atoms with van der Waals surface area (Å²) in [5.41, 5.74) is 2.19. The summed E-state index contributed by atoms with van der Waals surface area (Å²) in [5, 5.41) is 4.19. The van der Waals surface area contributed by atoms with Gasteiger partial charge in [-0.1, -0.05) is 30.3 Å². The molecule has 0 bridgehead atoms. The van der Waals surface area contributed by atoms with E-state index in [9.17, 15) is 0 Å². The number of hydrogen-bond donors (Lipinski definition) is 0. The van der Waals surface area contributed by atoms with Crippen LogP contribution in [0.15, 0.2) is 53.2 Å². The average molecular weight is 419 g/mol. The summed E-state index contributed by atoms with van der Waals surface area (Å²) in [4.78, 5) is 16.4. The topological polar surface area (TPSA) is 61.5 Å². The number of nitrogens with zero attached hydrogens (tertiary/aromatic N) is 6. The first-order chi connectivity index (χ1) is 15.2. The lowest BCUT2D eigenvalue weighted by Gasteiger charge is -2.35. The van der Waals surface area contributed by atoms with Crippen LogP contribution in [0.5, 0.6) is 0 Å². The highest BCUT2D eigenvalue weighted by Crippen LogP contribution is 2.24. The molecule has 0 unspecified atom stereocenters. The average Bonchev–Trinajstić information content (AvgIpc) is 3.29. The fourth-order valence-corrected chi connectivity index (χ4v) is 4.53. The van der Waals surface area contributed by atoms with Crippen molar-refractivity contribution in [2.24, 2.45) is 5.92 Å². The van der Waals surface area contributed by atoms with Crippen LogP contribution in [-0.2, 0) is 6.54 Å².